The molecule has 0 atom stereocenters. The van der Waals surface area contributed by atoms with Crippen molar-refractivity contribution in [3.63, 3.8) is 0 Å². The third-order valence-corrected chi connectivity index (χ3v) is 7.35. The van der Waals surface area contributed by atoms with E-state index in [9.17, 15) is 13.2 Å². The van der Waals surface area contributed by atoms with Crippen LogP contribution in [0.2, 0.25) is 0 Å². The molecule has 7 heteroatoms. The molecule has 2 aromatic carbocycles. The van der Waals surface area contributed by atoms with E-state index >= 15 is 0 Å². The van der Waals surface area contributed by atoms with E-state index in [0.717, 1.165) is 37.0 Å². The Labute approximate surface area is 179 Å². The molecular formula is C23H30N2O4S. The van der Waals surface area contributed by atoms with Gasteiger partial charge in [0, 0.05) is 18.7 Å². The Morgan fingerprint density at radius 2 is 1.67 bits per heavy atom. The second kappa shape index (κ2) is 10.1. The van der Waals surface area contributed by atoms with Crippen LogP contribution in [0.4, 0.5) is 0 Å². The van der Waals surface area contributed by atoms with Crippen molar-refractivity contribution < 1.29 is 17.9 Å². The lowest BCUT2D eigenvalue weighted by Crippen LogP contribution is -2.33. The average Bonchev–Trinajstić information content (AvgIpc) is 3.03. The number of benzene rings is 2. The lowest BCUT2D eigenvalue weighted by molar-refractivity contribution is 0.0946. The first-order chi connectivity index (χ1) is 14.4. The van der Waals surface area contributed by atoms with Crippen LogP contribution in [-0.4, -0.2) is 44.9 Å². The maximum absolute atomic E-state index is 13.2. The first kappa shape index (κ1) is 22.3. The Balaban J connectivity index is 1.63. The van der Waals surface area contributed by atoms with Crippen LogP contribution in [-0.2, 0) is 10.0 Å². The summed E-state index contributed by atoms with van der Waals surface area (Å²) in [5.74, 6) is 0.436. The van der Waals surface area contributed by atoms with Gasteiger partial charge in [-0.1, -0.05) is 36.6 Å². The van der Waals surface area contributed by atoms with Crippen LogP contribution in [0.5, 0.6) is 5.75 Å². The van der Waals surface area contributed by atoms with E-state index in [0.29, 0.717) is 37.4 Å². The van der Waals surface area contributed by atoms with Gasteiger partial charge in [-0.2, -0.15) is 4.31 Å². The van der Waals surface area contributed by atoms with Crippen LogP contribution < -0.4 is 10.1 Å². The van der Waals surface area contributed by atoms with E-state index in [-0.39, 0.29) is 10.8 Å². The second-order valence-electron chi connectivity index (χ2n) is 7.72. The van der Waals surface area contributed by atoms with Gasteiger partial charge in [0.1, 0.15) is 12.4 Å². The fraction of sp³-hybridized carbons (Fsp3) is 0.435. The number of aryl methyl sites for hydroxylation is 2. The number of carbonyl (C=O) groups excluding carboxylic acids is 1. The molecular weight excluding hydrogens is 400 g/mol. The van der Waals surface area contributed by atoms with Gasteiger partial charge in [0.2, 0.25) is 10.0 Å². The number of sulfonamides is 1. The minimum atomic E-state index is -3.61. The van der Waals surface area contributed by atoms with Gasteiger partial charge < -0.3 is 10.1 Å². The van der Waals surface area contributed by atoms with E-state index in [1.54, 1.807) is 23.4 Å². The van der Waals surface area contributed by atoms with E-state index in [1.807, 2.05) is 31.2 Å². The fourth-order valence-corrected chi connectivity index (χ4v) is 5.28. The van der Waals surface area contributed by atoms with E-state index < -0.39 is 10.0 Å². The summed E-state index contributed by atoms with van der Waals surface area (Å²) in [5.41, 5.74) is 2.14. The summed E-state index contributed by atoms with van der Waals surface area (Å²) in [4.78, 5) is 12.8. The van der Waals surface area contributed by atoms with Crippen molar-refractivity contribution in [2.24, 2.45) is 0 Å². The standard InChI is InChI=1S/C23H30N2O4S/c1-18-7-11-21(12-8-18)29-16-13-24-23(26)20-10-9-19(2)22(17-20)30(27,28)25-14-5-3-4-6-15-25/h7-12,17H,3-6,13-16H2,1-2H3,(H,24,26). The molecule has 2 aromatic rings. The largest absolute Gasteiger partial charge is 0.492 e. The van der Waals surface area contributed by atoms with Gasteiger partial charge in [-0.15, -0.1) is 0 Å². The van der Waals surface area contributed by atoms with Crippen molar-refractivity contribution in [3.8, 4) is 5.75 Å². The SMILES string of the molecule is Cc1ccc(OCCNC(=O)c2ccc(C)c(S(=O)(=O)N3CCCCCC3)c2)cc1. The molecule has 0 unspecified atom stereocenters. The highest BCUT2D eigenvalue weighted by molar-refractivity contribution is 7.89. The van der Waals surface area contributed by atoms with Crippen molar-refractivity contribution in [3.05, 3.63) is 59.2 Å². The Morgan fingerprint density at radius 1 is 1.00 bits per heavy atom. The second-order valence-corrected chi connectivity index (χ2v) is 9.62. The highest BCUT2D eigenvalue weighted by Gasteiger charge is 2.27. The predicted octanol–water partition coefficient (Wildman–Crippen LogP) is 3.68. The van der Waals surface area contributed by atoms with Crippen molar-refractivity contribution in [2.75, 3.05) is 26.2 Å². The van der Waals surface area contributed by atoms with Crippen LogP contribution in [0.1, 0.15) is 47.2 Å². The number of ether oxygens (including phenoxy) is 1. The van der Waals surface area contributed by atoms with Gasteiger partial charge in [-0.05, 0) is 56.5 Å². The zero-order valence-electron chi connectivity index (χ0n) is 17.7. The van der Waals surface area contributed by atoms with Crippen LogP contribution in [0, 0.1) is 13.8 Å². The smallest absolute Gasteiger partial charge is 0.251 e. The van der Waals surface area contributed by atoms with Crippen LogP contribution in [0.3, 0.4) is 0 Å². The van der Waals surface area contributed by atoms with Crippen LogP contribution in [0.25, 0.3) is 0 Å². The molecule has 162 valence electrons. The highest BCUT2D eigenvalue weighted by Crippen LogP contribution is 2.24. The predicted molar refractivity (Wildman–Crippen MR) is 117 cm³/mol. The van der Waals surface area contributed by atoms with Gasteiger partial charge >= 0.3 is 0 Å². The lowest BCUT2D eigenvalue weighted by Gasteiger charge is -2.21. The highest BCUT2D eigenvalue weighted by atomic mass is 32.2. The maximum atomic E-state index is 13.2. The molecule has 3 rings (SSSR count). The first-order valence-corrected chi connectivity index (χ1v) is 11.9. The van der Waals surface area contributed by atoms with Crippen molar-refractivity contribution in [1.82, 2.24) is 9.62 Å². The van der Waals surface area contributed by atoms with Gasteiger partial charge in [-0.3, -0.25) is 4.79 Å². The Hall–Kier alpha value is -2.38. The maximum Gasteiger partial charge on any atom is 0.251 e. The summed E-state index contributed by atoms with van der Waals surface area (Å²) < 4.78 is 33.5. The number of amides is 1. The number of hydrogen-bond donors (Lipinski definition) is 1. The number of nitrogens with zero attached hydrogens (tertiary/aromatic N) is 1. The molecule has 1 aliphatic rings. The molecule has 1 amide bonds. The topological polar surface area (TPSA) is 75.7 Å². The number of carbonyl (C=O) groups is 1. The molecule has 1 fully saturated rings. The molecule has 0 saturated carbocycles. The molecule has 1 aliphatic heterocycles. The van der Waals surface area contributed by atoms with Gasteiger partial charge in [0.05, 0.1) is 11.4 Å². The zero-order valence-corrected chi connectivity index (χ0v) is 18.5. The normalized spacial score (nSPS) is 15.4. The molecule has 1 N–H and O–H groups in total. The zero-order chi connectivity index (χ0) is 21.6. The molecule has 0 aliphatic carbocycles. The Morgan fingerprint density at radius 3 is 2.33 bits per heavy atom. The molecule has 30 heavy (non-hydrogen) atoms. The molecule has 1 heterocycles. The first-order valence-electron chi connectivity index (χ1n) is 10.5. The summed E-state index contributed by atoms with van der Waals surface area (Å²) in [6, 6.07) is 12.5. The molecule has 1 saturated heterocycles. The van der Waals surface area contributed by atoms with Crippen LogP contribution in [0.15, 0.2) is 47.4 Å². The summed E-state index contributed by atoms with van der Waals surface area (Å²) in [5, 5.41) is 2.80. The fourth-order valence-electron chi connectivity index (χ4n) is 3.51. The van der Waals surface area contributed by atoms with Gasteiger partial charge in [-0.25, -0.2) is 8.42 Å². The summed E-state index contributed by atoms with van der Waals surface area (Å²) in [6.45, 7) is 5.51. The van der Waals surface area contributed by atoms with Gasteiger partial charge in [0.15, 0.2) is 0 Å². The average molecular weight is 431 g/mol. The Kier molecular flexibility index (Phi) is 7.50. The molecule has 6 nitrogen and oxygen atoms in total. The molecule has 0 spiro atoms. The lowest BCUT2D eigenvalue weighted by atomic mass is 10.1. The van der Waals surface area contributed by atoms with Crippen molar-refractivity contribution in [2.45, 2.75) is 44.4 Å². The summed E-state index contributed by atoms with van der Waals surface area (Å²) >= 11 is 0. The molecule has 0 aromatic heterocycles. The van der Waals surface area contributed by atoms with Crippen molar-refractivity contribution in [1.29, 1.82) is 0 Å². The van der Waals surface area contributed by atoms with Crippen molar-refractivity contribution >= 4 is 15.9 Å². The number of rotatable bonds is 7. The minimum absolute atomic E-state index is 0.216. The quantitative estimate of drug-likeness (QED) is 0.680. The van der Waals surface area contributed by atoms with Gasteiger partial charge in [0.25, 0.3) is 5.91 Å². The minimum Gasteiger partial charge on any atom is -0.492 e. The Bertz CT molecular complexity index is 963. The summed E-state index contributed by atoms with van der Waals surface area (Å²) in [6.07, 6.45) is 3.86. The van der Waals surface area contributed by atoms with Crippen LogP contribution >= 0.6 is 0 Å². The van der Waals surface area contributed by atoms with E-state index in [1.165, 1.54) is 6.07 Å². The van der Waals surface area contributed by atoms with E-state index in [4.69, 9.17) is 4.74 Å². The summed E-state index contributed by atoms with van der Waals surface area (Å²) in [7, 11) is -3.61. The third kappa shape index (κ3) is 5.61. The third-order valence-electron chi connectivity index (χ3n) is 5.31. The monoisotopic (exact) mass is 430 g/mol. The molecule has 0 bridgehead atoms. The number of nitrogens with one attached hydrogen (secondary N) is 1. The molecule has 0 radical (unpaired) electrons. The van der Waals surface area contributed by atoms with E-state index in [2.05, 4.69) is 5.32 Å². The number of hydrogen-bond acceptors (Lipinski definition) is 4.